The topological polar surface area (TPSA) is 62.8 Å². The zero-order chi connectivity index (χ0) is 7.11. The first-order chi connectivity index (χ1) is 4.35. The molecule has 0 aliphatic heterocycles. The van der Waals surface area contributed by atoms with Gasteiger partial charge in [-0.1, -0.05) is 6.92 Å². The molecule has 4 heteroatoms. The van der Waals surface area contributed by atoms with Gasteiger partial charge in [0.2, 0.25) is 0 Å². The Bertz CT molecular complexity index is 116. The standard InChI is InChI=1S/C5H12N4/c1-3-5(8-6)9-7-4-2/h4H,3,6H2,1-2H3,(H,8,9)/b7-4-. The quantitative estimate of drug-likeness (QED) is 0.242. The smallest absolute Gasteiger partial charge is 0.141 e. The van der Waals surface area contributed by atoms with Gasteiger partial charge in [0.1, 0.15) is 5.84 Å². The third-order valence-electron chi connectivity index (χ3n) is 0.813. The van der Waals surface area contributed by atoms with Gasteiger partial charge in [0.05, 0.1) is 0 Å². The maximum absolute atomic E-state index is 4.98. The summed E-state index contributed by atoms with van der Waals surface area (Å²) in [5, 5.41) is 7.16. The fraction of sp³-hybridized carbons (Fsp3) is 0.600. The Balaban J connectivity index is 3.58. The van der Waals surface area contributed by atoms with Gasteiger partial charge in [-0.15, -0.1) is 0 Å². The van der Waals surface area contributed by atoms with Crippen molar-refractivity contribution in [2.24, 2.45) is 16.0 Å². The van der Waals surface area contributed by atoms with Crippen molar-refractivity contribution in [3.63, 3.8) is 0 Å². The van der Waals surface area contributed by atoms with E-state index in [9.17, 15) is 0 Å². The van der Waals surface area contributed by atoms with E-state index in [1.165, 1.54) is 0 Å². The summed E-state index contributed by atoms with van der Waals surface area (Å²) in [6, 6.07) is 0. The molecule has 3 N–H and O–H groups in total. The number of amidine groups is 1. The van der Waals surface area contributed by atoms with Gasteiger partial charge in [-0.2, -0.15) is 10.2 Å². The number of nitrogens with zero attached hydrogens (tertiary/aromatic N) is 2. The van der Waals surface area contributed by atoms with Crippen molar-refractivity contribution < 1.29 is 0 Å². The Hall–Kier alpha value is -1.06. The van der Waals surface area contributed by atoms with Crippen molar-refractivity contribution in [2.45, 2.75) is 20.3 Å². The van der Waals surface area contributed by atoms with Crippen molar-refractivity contribution in [1.82, 2.24) is 5.43 Å². The first-order valence-corrected chi connectivity index (χ1v) is 2.85. The number of hydrazone groups is 2. The zero-order valence-corrected chi connectivity index (χ0v) is 5.76. The van der Waals surface area contributed by atoms with Crippen molar-refractivity contribution in [3.05, 3.63) is 0 Å². The summed E-state index contributed by atoms with van der Waals surface area (Å²) >= 11 is 0. The first kappa shape index (κ1) is 7.94. The predicted octanol–water partition coefficient (Wildman–Crippen LogP) is 0.264. The fourth-order valence-electron chi connectivity index (χ4n) is 0.338. The van der Waals surface area contributed by atoms with Crippen LogP contribution in [0.2, 0.25) is 0 Å². The molecule has 0 aliphatic rings. The summed E-state index contributed by atoms with van der Waals surface area (Å²) < 4.78 is 0. The molecule has 0 aromatic rings. The van der Waals surface area contributed by atoms with E-state index in [4.69, 9.17) is 5.84 Å². The van der Waals surface area contributed by atoms with E-state index in [0.29, 0.717) is 5.84 Å². The summed E-state index contributed by atoms with van der Waals surface area (Å²) in [5.74, 6) is 5.66. The Morgan fingerprint density at radius 1 is 1.78 bits per heavy atom. The summed E-state index contributed by atoms with van der Waals surface area (Å²) in [5.41, 5.74) is 2.66. The van der Waals surface area contributed by atoms with E-state index in [1.54, 1.807) is 6.21 Å². The molecule has 9 heavy (non-hydrogen) atoms. The van der Waals surface area contributed by atoms with Crippen LogP contribution in [0.25, 0.3) is 0 Å². The molecule has 52 valence electrons. The zero-order valence-electron chi connectivity index (χ0n) is 5.76. The lowest BCUT2D eigenvalue weighted by atomic mass is 10.5. The molecule has 0 rings (SSSR count). The summed E-state index contributed by atoms with van der Waals surface area (Å²) in [6.07, 6.45) is 2.41. The van der Waals surface area contributed by atoms with Gasteiger partial charge in [0, 0.05) is 12.6 Å². The molecule has 0 bridgehead atoms. The van der Waals surface area contributed by atoms with Crippen LogP contribution in [-0.4, -0.2) is 12.1 Å². The molecular weight excluding hydrogens is 116 g/mol. The van der Waals surface area contributed by atoms with Gasteiger partial charge in [-0.3, -0.25) is 5.43 Å². The maximum atomic E-state index is 4.98. The molecular formula is C5H12N4. The van der Waals surface area contributed by atoms with Gasteiger partial charge in [-0.25, -0.2) is 0 Å². The van der Waals surface area contributed by atoms with Gasteiger partial charge < -0.3 is 5.84 Å². The van der Waals surface area contributed by atoms with E-state index in [-0.39, 0.29) is 0 Å². The second-order valence-electron chi connectivity index (χ2n) is 1.43. The fourth-order valence-corrected chi connectivity index (χ4v) is 0.338. The summed E-state index contributed by atoms with van der Waals surface area (Å²) in [7, 11) is 0. The van der Waals surface area contributed by atoms with Crippen molar-refractivity contribution in [1.29, 1.82) is 0 Å². The number of nitrogens with one attached hydrogen (secondary N) is 1. The molecule has 0 heterocycles. The lowest BCUT2D eigenvalue weighted by Gasteiger charge is -1.96. The molecule has 4 nitrogen and oxygen atoms in total. The van der Waals surface area contributed by atoms with Crippen molar-refractivity contribution in [3.8, 4) is 0 Å². The van der Waals surface area contributed by atoms with Crippen LogP contribution in [0, 0.1) is 0 Å². The molecule has 0 amide bonds. The number of hydrogen-bond acceptors (Lipinski definition) is 3. The molecule has 0 aromatic carbocycles. The van der Waals surface area contributed by atoms with E-state index < -0.39 is 0 Å². The molecule has 0 fully saturated rings. The molecule has 0 saturated heterocycles. The minimum atomic E-state index is 0.688. The van der Waals surface area contributed by atoms with Crippen LogP contribution < -0.4 is 11.3 Å². The molecule has 0 spiro atoms. The minimum Gasteiger partial charge on any atom is -0.322 e. The summed E-state index contributed by atoms with van der Waals surface area (Å²) in [4.78, 5) is 0. The highest BCUT2D eigenvalue weighted by Gasteiger charge is 1.87. The second-order valence-corrected chi connectivity index (χ2v) is 1.43. The van der Waals surface area contributed by atoms with Crippen LogP contribution in [0.15, 0.2) is 10.2 Å². The van der Waals surface area contributed by atoms with Crippen LogP contribution in [0.1, 0.15) is 20.3 Å². The SMILES string of the molecule is C/C=N\NC(CC)=NN. The van der Waals surface area contributed by atoms with Crippen LogP contribution in [0.3, 0.4) is 0 Å². The van der Waals surface area contributed by atoms with E-state index in [2.05, 4.69) is 15.6 Å². The van der Waals surface area contributed by atoms with Crippen LogP contribution in [0.5, 0.6) is 0 Å². The minimum absolute atomic E-state index is 0.688. The van der Waals surface area contributed by atoms with Crippen molar-refractivity contribution in [2.75, 3.05) is 0 Å². The van der Waals surface area contributed by atoms with Crippen LogP contribution in [0.4, 0.5) is 0 Å². The van der Waals surface area contributed by atoms with E-state index >= 15 is 0 Å². The van der Waals surface area contributed by atoms with Gasteiger partial charge in [0.25, 0.3) is 0 Å². The Labute approximate surface area is 54.8 Å². The van der Waals surface area contributed by atoms with E-state index in [1.807, 2.05) is 13.8 Å². The van der Waals surface area contributed by atoms with Crippen LogP contribution in [-0.2, 0) is 0 Å². The Morgan fingerprint density at radius 2 is 2.44 bits per heavy atom. The summed E-state index contributed by atoms with van der Waals surface area (Å²) in [6.45, 7) is 3.76. The average molecular weight is 128 g/mol. The average Bonchev–Trinajstić information content (AvgIpc) is 1.91. The molecule has 0 radical (unpaired) electrons. The monoisotopic (exact) mass is 128 g/mol. The van der Waals surface area contributed by atoms with Gasteiger partial charge in [-0.05, 0) is 6.92 Å². The molecule has 0 unspecified atom stereocenters. The molecule has 0 atom stereocenters. The normalized spacial score (nSPS) is 12.4. The number of rotatable bonds is 2. The second kappa shape index (κ2) is 5.08. The lowest BCUT2D eigenvalue weighted by molar-refractivity contribution is 0.962. The maximum Gasteiger partial charge on any atom is 0.141 e. The molecule has 0 saturated carbocycles. The molecule has 0 aromatic heterocycles. The highest BCUT2D eigenvalue weighted by Crippen LogP contribution is 1.76. The number of nitrogens with two attached hydrogens (primary N) is 1. The van der Waals surface area contributed by atoms with Gasteiger partial charge >= 0.3 is 0 Å². The van der Waals surface area contributed by atoms with Crippen molar-refractivity contribution >= 4 is 12.1 Å². The third kappa shape index (κ3) is 3.52. The van der Waals surface area contributed by atoms with Crippen LogP contribution >= 0.6 is 0 Å². The first-order valence-electron chi connectivity index (χ1n) is 2.85. The highest BCUT2D eigenvalue weighted by atomic mass is 15.3. The highest BCUT2D eigenvalue weighted by molar-refractivity contribution is 5.81. The largest absolute Gasteiger partial charge is 0.322 e. The Morgan fingerprint density at radius 3 is 2.78 bits per heavy atom. The van der Waals surface area contributed by atoms with E-state index in [0.717, 1.165) is 6.42 Å². The predicted molar refractivity (Wildman–Crippen MR) is 39.2 cm³/mol. The van der Waals surface area contributed by atoms with Gasteiger partial charge in [0.15, 0.2) is 0 Å². The molecule has 0 aliphatic carbocycles. The third-order valence-corrected chi connectivity index (χ3v) is 0.813. The Kier molecular flexibility index (Phi) is 4.49. The lowest BCUT2D eigenvalue weighted by Crippen LogP contribution is -2.17. The number of hydrogen-bond donors (Lipinski definition) is 2.